The van der Waals surface area contributed by atoms with Crippen molar-refractivity contribution in [1.82, 2.24) is 13.3 Å². The van der Waals surface area contributed by atoms with Crippen LogP contribution in [0, 0.1) is 0 Å². The number of hydrogen-bond acceptors (Lipinski definition) is 5. The third kappa shape index (κ3) is 2.01. The largest absolute Gasteiger partial charge is 0.269 e. The topological polar surface area (TPSA) is 56.4 Å². The average molecular weight is 315 g/mol. The second-order valence-corrected chi connectivity index (χ2v) is 6.51. The Hall–Kier alpha value is -2.25. The Morgan fingerprint density at radius 2 is 2.05 bits per heavy atom. The summed E-state index contributed by atoms with van der Waals surface area (Å²) in [6, 6.07) is 8.97. The average Bonchev–Trinajstić information content (AvgIpc) is 3.06. The van der Waals surface area contributed by atoms with Crippen LogP contribution in [0.1, 0.15) is 5.69 Å². The van der Waals surface area contributed by atoms with Crippen LogP contribution in [-0.2, 0) is 6.54 Å². The molecule has 0 amide bonds. The zero-order valence-electron chi connectivity index (χ0n) is 10.7. The molecule has 0 bridgehead atoms. The lowest BCUT2D eigenvalue weighted by Gasteiger charge is -2.00. The van der Waals surface area contributed by atoms with Crippen molar-refractivity contribution < 1.29 is 0 Å². The first-order chi connectivity index (χ1) is 10.2. The third-order valence-electron chi connectivity index (χ3n) is 3.21. The molecule has 0 unspecified atom stereocenters. The zero-order chi connectivity index (χ0) is 14.4. The molecule has 3 aromatic heterocycles. The Morgan fingerprint density at radius 1 is 1.19 bits per heavy atom. The molecule has 0 radical (unpaired) electrons. The number of thiazole rings is 1. The van der Waals surface area contributed by atoms with Gasteiger partial charge in [0, 0.05) is 17.6 Å². The van der Waals surface area contributed by atoms with Crippen LogP contribution in [0.15, 0.2) is 51.5 Å². The van der Waals surface area contributed by atoms with E-state index in [1.165, 1.54) is 33.3 Å². The van der Waals surface area contributed by atoms with E-state index >= 15 is 0 Å². The molecule has 5 nitrogen and oxygen atoms in total. The maximum Gasteiger partial charge on any atom is 0.268 e. The molecule has 0 N–H and O–H groups in total. The van der Waals surface area contributed by atoms with Crippen LogP contribution in [0.3, 0.4) is 0 Å². The zero-order valence-corrected chi connectivity index (χ0v) is 12.4. The van der Waals surface area contributed by atoms with E-state index in [1.54, 1.807) is 10.2 Å². The number of benzene rings is 1. The van der Waals surface area contributed by atoms with Crippen LogP contribution in [-0.4, -0.2) is 13.3 Å². The first-order valence-electron chi connectivity index (χ1n) is 6.27. The van der Waals surface area contributed by atoms with E-state index in [0.717, 1.165) is 4.70 Å². The summed E-state index contributed by atoms with van der Waals surface area (Å²) in [5.74, 6) is 0. The fourth-order valence-electron chi connectivity index (χ4n) is 2.24. The predicted molar refractivity (Wildman–Crippen MR) is 84.5 cm³/mol. The molecule has 0 atom stereocenters. The highest BCUT2D eigenvalue weighted by Gasteiger charge is 2.09. The minimum Gasteiger partial charge on any atom is -0.269 e. The maximum absolute atomic E-state index is 12.3. The van der Waals surface area contributed by atoms with Gasteiger partial charge >= 0.3 is 0 Å². The SMILES string of the molecule is O=c1c2ccccc2sn1Cc1cc(=O)n2ccsc2n1. The van der Waals surface area contributed by atoms with Gasteiger partial charge in [-0.3, -0.25) is 17.9 Å². The molecule has 0 saturated heterocycles. The monoisotopic (exact) mass is 315 g/mol. The third-order valence-corrected chi connectivity index (χ3v) is 5.04. The van der Waals surface area contributed by atoms with E-state index in [2.05, 4.69) is 4.98 Å². The van der Waals surface area contributed by atoms with Gasteiger partial charge in [-0.1, -0.05) is 23.7 Å². The van der Waals surface area contributed by atoms with E-state index in [4.69, 9.17) is 0 Å². The molecule has 0 aliphatic rings. The van der Waals surface area contributed by atoms with Crippen molar-refractivity contribution in [3.63, 3.8) is 0 Å². The molecule has 21 heavy (non-hydrogen) atoms. The summed E-state index contributed by atoms with van der Waals surface area (Å²) >= 11 is 2.79. The Bertz CT molecular complexity index is 1070. The van der Waals surface area contributed by atoms with Crippen LogP contribution in [0.5, 0.6) is 0 Å². The van der Waals surface area contributed by atoms with Crippen molar-refractivity contribution >= 4 is 37.9 Å². The van der Waals surface area contributed by atoms with Crippen molar-refractivity contribution in [2.45, 2.75) is 6.54 Å². The van der Waals surface area contributed by atoms with Gasteiger partial charge < -0.3 is 0 Å². The Morgan fingerprint density at radius 3 is 2.90 bits per heavy atom. The summed E-state index contributed by atoms with van der Waals surface area (Å²) in [7, 11) is 0. The first kappa shape index (κ1) is 12.5. The minimum absolute atomic E-state index is 0.0382. The summed E-state index contributed by atoms with van der Waals surface area (Å²) < 4.78 is 4.08. The molecule has 0 fully saturated rings. The van der Waals surface area contributed by atoms with Gasteiger partial charge in [-0.15, -0.1) is 11.3 Å². The van der Waals surface area contributed by atoms with E-state index in [1.807, 2.05) is 29.6 Å². The Labute approximate surface area is 126 Å². The molecule has 0 saturated carbocycles. The smallest absolute Gasteiger partial charge is 0.268 e. The lowest BCUT2D eigenvalue weighted by Crippen LogP contribution is -2.18. The lowest BCUT2D eigenvalue weighted by molar-refractivity contribution is 0.818. The van der Waals surface area contributed by atoms with Gasteiger partial charge in [0.25, 0.3) is 11.1 Å². The number of hydrogen-bond donors (Lipinski definition) is 0. The van der Waals surface area contributed by atoms with Crippen molar-refractivity contribution in [3.05, 3.63) is 68.3 Å². The van der Waals surface area contributed by atoms with Crippen molar-refractivity contribution in [2.75, 3.05) is 0 Å². The highest BCUT2D eigenvalue weighted by Crippen LogP contribution is 2.16. The molecular weight excluding hydrogens is 306 g/mol. The van der Waals surface area contributed by atoms with Crippen LogP contribution in [0.4, 0.5) is 0 Å². The summed E-state index contributed by atoms with van der Waals surface area (Å²) in [5, 5.41) is 2.52. The van der Waals surface area contributed by atoms with Crippen LogP contribution in [0.2, 0.25) is 0 Å². The molecule has 0 spiro atoms. The fourth-order valence-corrected chi connectivity index (χ4v) is 3.98. The predicted octanol–water partition coefficient (Wildman–Crippen LogP) is 2.18. The summed E-state index contributed by atoms with van der Waals surface area (Å²) in [5.41, 5.74) is 0.449. The normalized spacial score (nSPS) is 11.4. The van der Waals surface area contributed by atoms with Crippen molar-refractivity contribution in [1.29, 1.82) is 0 Å². The summed E-state index contributed by atoms with van der Waals surface area (Å²) in [6.07, 6.45) is 1.70. The van der Waals surface area contributed by atoms with Crippen LogP contribution >= 0.6 is 22.9 Å². The molecule has 0 aliphatic carbocycles. The lowest BCUT2D eigenvalue weighted by atomic mass is 10.3. The molecule has 0 aliphatic heterocycles. The Kier molecular flexibility index (Phi) is 2.76. The standard InChI is InChI=1S/C14H9N3O2S2/c18-12-7-9(15-14-16(12)5-6-20-14)8-17-13(19)10-3-1-2-4-11(10)21-17/h1-7H,8H2. The summed E-state index contributed by atoms with van der Waals surface area (Å²) in [6.45, 7) is 0.321. The number of aromatic nitrogens is 3. The van der Waals surface area contributed by atoms with Gasteiger partial charge in [-0.25, -0.2) is 4.98 Å². The summed E-state index contributed by atoms with van der Waals surface area (Å²) in [4.78, 5) is 29.3. The van der Waals surface area contributed by atoms with E-state index in [-0.39, 0.29) is 11.1 Å². The van der Waals surface area contributed by atoms with E-state index < -0.39 is 0 Å². The van der Waals surface area contributed by atoms with Gasteiger partial charge in [0.2, 0.25) is 0 Å². The maximum atomic E-state index is 12.3. The van der Waals surface area contributed by atoms with Gasteiger partial charge in [0.15, 0.2) is 4.96 Å². The molecule has 7 heteroatoms. The number of rotatable bonds is 2. The van der Waals surface area contributed by atoms with Gasteiger partial charge in [-0.2, -0.15) is 0 Å². The number of nitrogens with zero attached hydrogens (tertiary/aromatic N) is 3. The van der Waals surface area contributed by atoms with Crippen LogP contribution < -0.4 is 11.1 Å². The molecule has 4 aromatic rings. The second-order valence-electron chi connectivity index (χ2n) is 4.57. The van der Waals surface area contributed by atoms with E-state index in [9.17, 15) is 9.59 Å². The molecule has 3 heterocycles. The van der Waals surface area contributed by atoms with Gasteiger partial charge in [0.05, 0.1) is 22.3 Å². The minimum atomic E-state index is -0.120. The number of fused-ring (bicyclic) bond motifs is 2. The fraction of sp³-hybridized carbons (Fsp3) is 0.0714. The quantitative estimate of drug-likeness (QED) is 0.570. The van der Waals surface area contributed by atoms with Crippen LogP contribution in [0.25, 0.3) is 15.0 Å². The second kappa shape index (κ2) is 4.64. The van der Waals surface area contributed by atoms with Crippen molar-refractivity contribution in [3.8, 4) is 0 Å². The highest BCUT2D eigenvalue weighted by atomic mass is 32.1. The van der Waals surface area contributed by atoms with Gasteiger partial charge in [-0.05, 0) is 12.1 Å². The molecule has 104 valence electrons. The van der Waals surface area contributed by atoms with Crippen molar-refractivity contribution in [2.24, 2.45) is 0 Å². The molecule has 1 aromatic carbocycles. The van der Waals surface area contributed by atoms with Gasteiger partial charge in [0.1, 0.15) is 0 Å². The first-order valence-corrected chi connectivity index (χ1v) is 7.92. The molecular formula is C14H9N3O2S2. The Balaban J connectivity index is 1.84. The molecule has 4 rings (SSSR count). The van der Waals surface area contributed by atoms with E-state index in [0.29, 0.717) is 22.6 Å². The highest BCUT2D eigenvalue weighted by molar-refractivity contribution is 7.15.